The Bertz CT molecular complexity index is 1000. The van der Waals surface area contributed by atoms with Gasteiger partial charge in [0, 0.05) is 5.69 Å². The SMILES string of the molecule is C=CCC1(C)C(=O)C(C)(C)Nc2c1cc(-c1ccc(O)cc1C)c1c2CCC1. The van der Waals surface area contributed by atoms with Gasteiger partial charge in [0.25, 0.3) is 0 Å². The van der Waals surface area contributed by atoms with Gasteiger partial charge in [-0.1, -0.05) is 12.1 Å². The average Bonchev–Trinajstić information content (AvgIpc) is 3.11. The van der Waals surface area contributed by atoms with Crippen molar-refractivity contribution in [3.8, 4) is 16.9 Å². The number of rotatable bonds is 3. The summed E-state index contributed by atoms with van der Waals surface area (Å²) in [7, 11) is 0. The van der Waals surface area contributed by atoms with Gasteiger partial charge in [0.1, 0.15) is 5.75 Å². The number of benzene rings is 2. The number of carbonyl (C=O) groups excluding carboxylic acids is 1. The molecular formula is C25H29NO2. The first kappa shape index (κ1) is 18.8. The highest BCUT2D eigenvalue weighted by molar-refractivity contribution is 6.04. The summed E-state index contributed by atoms with van der Waals surface area (Å²) >= 11 is 0. The summed E-state index contributed by atoms with van der Waals surface area (Å²) in [5.74, 6) is 0.490. The Labute approximate surface area is 167 Å². The summed E-state index contributed by atoms with van der Waals surface area (Å²) < 4.78 is 0. The molecule has 0 amide bonds. The molecule has 0 saturated carbocycles. The summed E-state index contributed by atoms with van der Waals surface area (Å²) in [6.45, 7) is 12.0. The molecule has 1 aliphatic heterocycles. The Hall–Kier alpha value is -2.55. The van der Waals surface area contributed by atoms with Gasteiger partial charge in [-0.05, 0) is 105 Å². The highest BCUT2D eigenvalue weighted by atomic mass is 16.3. The van der Waals surface area contributed by atoms with Crippen LogP contribution in [0.2, 0.25) is 0 Å². The van der Waals surface area contributed by atoms with Crippen molar-refractivity contribution < 1.29 is 9.90 Å². The van der Waals surface area contributed by atoms with Crippen molar-refractivity contribution in [1.29, 1.82) is 0 Å². The summed E-state index contributed by atoms with van der Waals surface area (Å²) in [4.78, 5) is 13.4. The van der Waals surface area contributed by atoms with Gasteiger partial charge < -0.3 is 10.4 Å². The number of fused-ring (bicyclic) bond motifs is 3. The maximum absolute atomic E-state index is 13.4. The van der Waals surface area contributed by atoms with Crippen LogP contribution in [-0.4, -0.2) is 16.4 Å². The molecule has 3 heteroatoms. The summed E-state index contributed by atoms with van der Waals surface area (Å²) in [5, 5.41) is 13.4. The van der Waals surface area contributed by atoms with Gasteiger partial charge in [-0.25, -0.2) is 0 Å². The van der Waals surface area contributed by atoms with Crippen molar-refractivity contribution in [2.24, 2.45) is 0 Å². The summed E-state index contributed by atoms with van der Waals surface area (Å²) in [6.07, 6.45) is 5.69. The molecule has 1 atom stereocenters. The van der Waals surface area contributed by atoms with Gasteiger partial charge in [-0.2, -0.15) is 0 Å². The lowest BCUT2D eigenvalue weighted by Crippen LogP contribution is -2.55. The van der Waals surface area contributed by atoms with Crippen LogP contribution in [-0.2, 0) is 23.1 Å². The number of carbonyl (C=O) groups is 1. The van der Waals surface area contributed by atoms with Gasteiger partial charge in [0.2, 0.25) is 0 Å². The van der Waals surface area contributed by atoms with Crippen LogP contribution in [0, 0.1) is 6.92 Å². The lowest BCUT2D eigenvalue weighted by atomic mass is 9.65. The van der Waals surface area contributed by atoms with E-state index in [4.69, 9.17) is 0 Å². The number of hydrogen-bond donors (Lipinski definition) is 2. The minimum absolute atomic E-state index is 0.207. The van der Waals surface area contributed by atoms with Crippen LogP contribution in [0.15, 0.2) is 36.9 Å². The second-order valence-electron chi connectivity index (χ2n) is 9.06. The van der Waals surface area contributed by atoms with E-state index in [9.17, 15) is 9.90 Å². The number of anilines is 1. The normalized spacial score (nSPS) is 22.4. The Kier molecular flexibility index (Phi) is 4.18. The number of allylic oxidation sites excluding steroid dienone is 1. The first-order valence-electron chi connectivity index (χ1n) is 10.1. The van der Waals surface area contributed by atoms with E-state index in [1.165, 1.54) is 16.7 Å². The zero-order valence-electron chi connectivity index (χ0n) is 17.3. The lowest BCUT2D eigenvalue weighted by Gasteiger charge is -2.44. The molecule has 0 bridgehead atoms. The Morgan fingerprint density at radius 1 is 1.14 bits per heavy atom. The van der Waals surface area contributed by atoms with Gasteiger partial charge in [-0.15, -0.1) is 6.58 Å². The Balaban J connectivity index is 2.04. The van der Waals surface area contributed by atoms with E-state index in [1.807, 2.05) is 39.0 Å². The van der Waals surface area contributed by atoms with Crippen molar-refractivity contribution in [2.75, 3.05) is 5.32 Å². The molecular weight excluding hydrogens is 346 g/mol. The zero-order valence-corrected chi connectivity index (χ0v) is 17.3. The predicted molar refractivity (Wildman–Crippen MR) is 115 cm³/mol. The smallest absolute Gasteiger partial charge is 0.168 e. The van der Waals surface area contributed by atoms with Crippen molar-refractivity contribution in [1.82, 2.24) is 0 Å². The maximum atomic E-state index is 13.4. The van der Waals surface area contributed by atoms with Gasteiger partial charge in [-0.3, -0.25) is 4.79 Å². The highest BCUT2D eigenvalue weighted by Gasteiger charge is 2.49. The summed E-state index contributed by atoms with van der Waals surface area (Å²) in [6, 6.07) is 7.78. The standard InChI is InChI=1S/C25H29NO2/c1-6-12-25(5)21-14-20(17-11-10-16(27)13-15(17)2)18-8-7-9-19(18)22(21)26-24(3,4)23(25)28/h6,10-11,13-14,26-27H,1,7-9,12H2,2-5H3. The van der Waals surface area contributed by atoms with E-state index in [2.05, 4.69) is 24.9 Å². The molecule has 146 valence electrons. The van der Waals surface area contributed by atoms with Gasteiger partial charge in [0.15, 0.2) is 5.78 Å². The average molecular weight is 376 g/mol. The third kappa shape index (κ3) is 2.60. The molecule has 0 spiro atoms. The minimum atomic E-state index is -0.600. The largest absolute Gasteiger partial charge is 0.508 e. The number of hydrogen-bond acceptors (Lipinski definition) is 3. The lowest BCUT2D eigenvalue weighted by molar-refractivity contribution is -0.128. The number of Topliss-reactive ketones (excluding diaryl/α,β-unsaturated/α-hetero) is 1. The first-order valence-corrected chi connectivity index (χ1v) is 10.1. The summed E-state index contributed by atoms with van der Waals surface area (Å²) in [5.41, 5.74) is 7.17. The van der Waals surface area contributed by atoms with Crippen LogP contribution in [0.25, 0.3) is 11.1 Å². The second-order valence-corrected chi connectivity index (χ2v) is 9.06. The molecule has 0 radical (unpaired) electrons. The number of phenols is 1. The van der Waals surface area contributed by atoms with Crippen LogP contribution >= 0.6 is 0 Å². The van der Waals surface area contributed by atoms with Crippen LogP contribution in [0.4, 0.5) is 5.69 Å². The maximum Gasteiger partial charge on any atom is 0.168 e. The topological polar surface area (TPSA) is 49.3 Å². The van der Waals surface area contributed by atoms with E-state index < -0.39 is 11.0 Å². The van der Waals surface area contributed by atoms with Gasteiger partial charge in [0.05, 0.1) is 11.0 Å². The van der Waals surface area contributed by atoms with Crippen molar-refractivity contribution in [3.63, 3.8) is 0 Å². The fourth-order valence-electron chi connectivity index (χ4n) is 5.22. The van der Waals surface area contributed by atoms with Crippen LogP contribution < -0.4 is 5.32 Å². The number of aromatic hydroxyl groups is 1. The van der Waals surface area contributed by atoms with E-state index >= 15 is 0 Å². The molecule has 0 fully saturated rings. The van der Waals surface area contributed by atoms with Crippen LogP contribution in [0.5, 0.6) is 5.75 Å². The van der Waals surface area contributed by atoms with E-state index in [0.717, 1.165) is 41.6 Å². The number of aryl methyl sites for hydroxylation is 1. The molecule has 1 unspecified atom stereocenters. The Morgan fingerprint density at radius 2 is 1.86 bits per heavy atom. The third-order valence-corrected chi connectivity index (χ3v) is 6.56. The molecule has 4 rings (SSSR count). The predicted octanol–water partition coefficient (Wildman–Crippen LogP) is 5.46. The molecule has 2 aliphatic rings. The minimum Gasteiger partial charge on any atom is -0.508 e. The molecule has 1 heterocycles. The molecule has 28 heavy (non-hydrogen) atoms. The molecule has 0 saturated heterocycles. The number of ketones is 1. The molecule has 2 aromatic carbocycles. The van der Waals surface area contributed by atoms with Crippen molar-refractivity contribution in [3.05, 3.63) is 59.2 Å². The van der Waals surface area contributed by atoms with E-state index in [1.54, 1.807) is 6.07 Å². The number of nitrogens with one attached hydrogen (secondary N) is 1. The first-order chi connectivity index (χ1) is 13.2. The zero-order chi connectivity index (χ0) is 20.3. The highest BCUT2D eigenvalue weighted by Crippen LogP contribution is 2.50. The molecule has 2 aromatic rings. The van der Waals surface area contributed by atoms with Crippen LogP contribution in [0.3, 0.4) is 0 Å². The fourth-order valence-corrected chi connectivity index (χ4v) is 5.22. The fraction of sp³-hybridized carbons (Fsp3) is 0.400. The van der Waals surface area contributed by atoms with E-state index in [-0.39, 0.29) is 11.5 Å². The monoisotopic (exact) mass is 375 g/mol. The third-order valence-electron chi connectivity index (χ3n) is 6.56. The molecule has 2 N–H and O–H groups in total. The number of phenolic OH excluding ortho intramolecular Hbond substituents is 1. The van der Waals surface area contributed by atoms with Crippen molar-refractivity contribution in [2.45, 2.75) is 64.3 Å². The van der Waals surface area contributed by atoms with Gasteiger partial charge >= 0.3 is 0 Å². The van der Waals surface area contributed by atoms with E-state index in [0.29, 0.717) is 6.42 Å². The molecule has 1 aliphatic carbocycles. The quantitative estimate of drug-likeness (QED) is 0.700. The molecule has 0 aromatic heterocycles. The van der Waals surface area contributed by atoms with Crippen molar-refractivity contribution >= 4 is 11.5 Å². The van der Waals surface area contributed by atoms with Crippen LogP contribution in [0.1, 0.15) is 55.9 Å². The molecule has 3 nitrogen and oxygen atoms in total. The second kappa shape index (κ2) is 6.23. The Morgan fingerprint density at radius 3 is 2.54 bits per heavy atom.